The molecule has 0 amide bonds. The zero-order valence-corrected chi connectivity index (χ0v) is 12.4. The molecule has 0 unspecified atom stereocenters. The average Bonchev–Trinajstić information content (AvgIpc) is 2.66. The van der Waals surface area contributed by atoms with Crippen LogP contribution in [0.25, 0.3) is 6.08 Å². The highest BCUT2D eigenvalue weighted by Gasteiger charge is 2.50. The minimum Gasteiger partial charge on any atom is -0.507 e. The van der Waals surface area contributed by atoms with Crippen LogP contribution in [0.3, 0.4) is 0 Å². The fourth-order valence-corrected chi connectivity index (χ4v) is 3.61. The number of nitrogens with zero attached hydrogens (tertiary/aromatic N) is 1. The van der Waals surface area contributed by atoms with Crippen LogP contribution in [-0.2, 0) is 4.74 Å². The van der Waals surface area contributed by atoms with E-state index in [4.69, 9.17) is 9.47 Å². The summed E-state index contributed by atoms with van der Waals surface area (Å²) in [5.74, 6) is -0.0660. The predicted molar refractivity (Wildman–Crippen MR) is 80.3 cm³/mol. The Morgan fingerprint density at radius 2 is 2.27 bits per heavy atom. The zero-order valence-electron chi connectivity index (χ0n) is 12.4. The van der Waals surface area contributed by atoms with Crippen molar-refractivity contribution in [3.63, 3.8) is 0 Å². The van der Waals surface area contributed by atoms with Crippen molar-refractivity contribution < 1.29 is 19.5 Å². The number of hydrogen-bond donors (Lipinski definition) is 1. The Labute approximate surface area is 128 Å². The molecule has 1 saturated carbocycles. The quantitative estimate of drug-likeness (QED) is 0.683. The highest BCUT2D eigenvalue weighted by atomic mass is 16.7. The van der Waals surface area contributed by atoms with E-state index in [1.165, 1.54) is 12.1 Å². The van der Waals surface area contributed by atoms with E-state index in [1.54, 1.807) is 13.2 Å². The molecule has 1 aromatic rings. The fourth-order valence-electron chi connectivity index (χ4n) is 3.61. The van der Waals surface area contributed by atoms with Gasteiger partial charge in [0.1, 0.15) is 11.5 Å². The lowest BCUT2D eigenvalue weighted by Gasteiger charge is -2.31. The summed E-state index contributed by atoms with van der Waals surface area (Å²) in [7, 11) is 1.64. The number of nitro groups is 1. The van der Waals surface area contributed by atoms with Gasteiger partial charge in [-0.05, 0) is 25.0 Å². The Bertz CT molecular complexity index is 627. The first-order valence-corrected chi connectivity index (χ1v) is 7.49. The molecule has 1 aromatic carbocycles. The first kappa shape index (κ1) is 14.8. The van der Waals surface area contributed by atoms with Crippen LogP contribution in [0.4, 0.5) is 0 Å². The fraction of sp³-hybridized carbons (Fsp3) is 0.500. The van der Waals surface area contributed by atoms with E-state index < -0.39 is 10.7 Å². The molecule has 118 valence electrons. The van der Waals surface area contributed by atoms with E-state index in [1.807, 2.05) is 0 Å². The molecule has 0 saturated heterocycles. The normalized spacial score (nSPS) is 27.0. The van der Waals surface area contributed by atoms with Crippen LogP contribution in [0.2, 0.25) is 0 Å². The summed E-state index contributed by atoms with van der Waals surface area (Å²) in [6.45, 7) is 0. The maximum absolute atomic E-state index is 10.6. The van der Waals surface area contributed by atoms with Gasteiger partial charge in [0.2, 0.25) is 12.0 Å². The molecule has 0 spiro atoms. The van der Waals surface area contributed by atoms with E-state index in [0.29, 0.717) is 11.3 Å². The number of benzene rings is 1. The number of fused-ring (bicyclic) bond motifs is 3. The number of aromatic hydroxyl groups is 1. The molecule has 22 heavy (non-hydrogen) atoms. The third-order valence-electron chi connectivity index (χ3n) is 4.61. The molecule has 1 aliphatic heterocycles. The zero-order chi connectivity index (χ0) is 15.7. The molecule has 3 rings (SSSR count). The number of hydrogen-bond acceptors (Lipinski definition) is 5. The van der Waals surface area contributed by atoms with Gasteiger partial charge in [0, 0.05) is 30.7 Å². The predicted octanol–water partition coefficient (Wildman–Crippen LogP) is 3.42. The summed E-state index contributed by atoms with van der Waals surface area (Å²) in [5.41, 5.74) is 1.28. The van der Waals surface area contributed by atoms with Gasteiger partial charge in [-0.2, -0.15) is 0 Å². The summed E-state index contributed by atoms with van der Waals surface area (Å²) < 4.78 is 11.8. The van der Waals surface area contributed by atoms with Crippen LogP contribution in [0, 0.1) is 10.1 Å². The molecule has 2 atom stereocenters. The Balaban J connectivity index is 2.12. The minimum atomic E-state index is -0.718. The minimum absolute atomic E-state index is 0.0199. The van der Waals surface area contributed by atoms with Crippen LogP contribution < -0.4 is 4.74 Å². The largest absolute Gasteiger partial charge is 0.507 e. The molecule has 1 heterocycles. The van der Waals surface area contributed by atoms with Crippen LogP contribution in [-0.4, -0.2) is 22.9 Å². The third kappa shape index (κ3) is 2.33. The molecule has 0 aromatic heterocycles. The van der Waals surface area contributed by atoms with Crippen molar-refractivity contribution in [2.24, 2.45) is 0 Å². The third-order valence-corrected chi connectivity index (χ3v) is 4.61. The van der Waals surface area contributed by atoms with E-state index in [-0.39, 0.29) is 11.7 Å². The molecular weight excluding hydrogens is 286 g/mol. The van der Waals surface area contributed by atoms with E-state index in [9.17, 15) is 15.2 Å². The van der Waals surface area contributed by atoms with E-state index in [0.717, 1.165) is 43.9 Å². The maximum atomic E-state index is 10.6. The molecule has 1 fully saturated rings. The van der Waals surface area contributed by atoms with Crippen molar-refractivity contribution in [1.29, 1.82) is 0 Å². The summed E-state index contributed by atoms with van der Waals surface area (Å²) >= 11 is 0. The molecule has 6 nitrogen and oxygen atoms in total. The molecular formula is C16H19NO5. The van der Waals surface area contributed by atoms with Crippen LogP contribution in [0.1, 0.15) is 49.1 Å². The molecule has 1 aliphatic carbocycles. The van der Waals surface area contributed by atoms with Crippen molar-refractivity contribution in [2.45, 2.75) is 43.8 Å². The van der Waals surface area contributed by atoms with Gasteiger partial charge in [0.05, 0.1) is 10.8 Å². The highest BCUT2D eigenvalue weighted by molar-refractivity contribution is 5.66. The standard InChI is InChI=1S/C16H19NO5/c1-21-16-9-4-2-3-5-12(16)15-11(8-10-17(19)20)13(18)6-7-14(15)22-16/h6-8,10,12,18H,2-5,9H2,1H3/b10-8+/t12-,16-/m0/s1. The Hall–Kier alpha value is -2.08. The van der Waals surface area contributed by atoms with E-state index >= 15 is 0 Å². The van der Waals surface area contributed by atoms with Crippen molar-refractivity contribution in [3.8, 4) is 11.5 Å². The van der Waals surface area contributed by atoms with Crippen LogP contribution in [0.15, 0.2) is 18.3 Å². The van der Waals surface area contributed by atoms with Gasteiger partial charge in [0.15, 0.2) is 0 Å². The first-order valence-electron chi connectivity index (χ1n) is 7.49. The summed E-state index contributed by atoms with van der Waals surface area (Å²) in [6.07, 6.45) is 7.02. The molecule has 6 heteroatoms. The lowest BCUT2D eigenvalue weighted by Crippen LogP contribution is -2.39. The lowest BCUT2D eigenvalue weighted by atomic mass is 9.85. The van der Waals surface area contributed by atoms with Crippen LogP contribution >= 0.6 is 0 Å². The maximum Gasteiger partial charge on any atom is 0.235 e. The summed E-state index contributed by atoms with van der Waals surface area (Å²) in [6, 6.07) is 3.22. The SMILES string of the molecule is CO[C@]12CCCCC[C@H]1c1c(ccc(O)c1/C=C/[N+](=O)[O-])O2. The van der Waals surface area contributed by atoms with Gasteiger partial charge in [-0.15, -0.1) is 0 Å². The van der Waals surface area contributed by atoms with Gasteiger partial charge in [-0.25, -0.2) is 0 Å². The lowest BCUT2D eigenvalue weighted by molar-refractivity contribution is -0.400. The number of rotatable bonds is 3. The number of methoxy groups -OCH3 is 1. The van der Waals surface area contributed by atoms with Crippen molar-refractivity contribution in [2.75, 3.05) is 7.11 Å². The first-order chi connectivity index (χ1) is 10.6. The average molecular weight is 305 g/mol. The Morgan fingerprint density at radius 3 is 3.00 bits per heavy atom. The number of phenols is 1. The Morgan fingerprint density at radius 1 is 1.45 bits per heavy atom. The molecule has 0 bridgehead atoms. The second-order valence-corrected chi connectivity index (χ2v) is 5.78. The van der Waals surface area contributed by atoms with E-state index in [2.05, 4.69) is 0 Å². The molecule has 1 N–H and O–H groups in total. The van der Waals surface area contributed by atoms with Gasteiger partial charge in [-0.1, -0.05) is 12.8 Å². The Kier molecular flexibility index (Phi) is 3.78. The number of ether oxygens (including phenoxy) is 2. The highest BCUT2D eigenvalue weighted by Crippen LogP contribution is 2.54. The van der Waals surface area contributed by atoms with Crippen molar-refractivity contribution in [3.05, 3.63) is 39.6 Å². The smallest absolute Gasteiger partial charge is 0.235 e. The second-order valence-electron chi connectivity index (χ2n) is 5.78. The van der Waals surface area contributed by atoms with Crippen molar-refractivity contribution in [1.82, 2.24) is 0 Å². The summed E-state index contributed by atoms with van der Waals surface area (Å²) in [5, 5.41) is 20.8. The summed E-state index contributed by atoms with van der Waals surface area (Å²) in [4.78, 5) is 10.1. The van der Waals surface area contributed by atoms with Gasteiger partial charge in [-0.3, -0.25) is 10.1 Å². The van der Waals surface area contributed by atoms with Gasteiger partial charge in [0.25, 0.3) is 0 Å². The monoisotopic (exact) mass is 305 g/mol. The molecule has 2 aliphatic rings. The second kappa shape index (κ2) is 5.61. The molecule has 0 radical (unpaired) electrons. The van der Waals surface area contributed by atoms with Gasteiger partial charge < -0.3 is 14.6 Å². The van der Waals surface area contributed by atoms with Gasteiger partial charge >= 0.3 is 0 Å². The van der Waals surface area contributed by atoms with Crippen molar-refractivity contribution >= 4 is 6.08 Å². The number of phenolic OH excluding ortho intramolecular Hbond substituents is 1. The van der Waals surface area contributed by atoms with Crippen LogP contribution in [0.5, 0.6) is 11.5 Å². The topological polar surface area (TPSA) is 81.8 Å².